The minimum absolute atomic E-state index is 0.0152. The minimum atomic E-state index is -2.49. The lowest BCUT2D eigenvalue weighted by atomic mass is 10.1. The zero-order valence-corrected chi connectivity index (χ0v) is 9.10. The van der Waals surface area contributed by atoms with Crippen molar-refractivity contribution in [3.8, 4) is 0 Å². The summed E-state index contributed by atoms with van der Waals surface area (Å²) < 4.78 is 28.4. The van der Waals surface area contributed by atoms with E-state index in [4.69, 9.17) is 27.5 Å². The molecule has 0 aromatic heterocycles. The minimum Gasteiger partial charge on any atom is -0.384 e. The van der Waals surface area contributed by atoms with Crippen molar-refractivity contribution in [2.75, 3.05) is 6.61 Å². The topological polar surface area (TPSA) is 59.1 Å². The van der Waals surface area contributed by atoms with Crippen LogP contribution >= 0.6 is 11.6 Å². The molecule has 88 valence electrons. The standard InChI is InChI=1S/C10H11ClF2N2O/c11-8-3-6(10(14)15)1-2-7(8)4-16-5-9(12)13/h1-3,9H,4-5H2,(H3,14,15). The molecule has 0 amide bonds. The Labute approximate surface area is 96.7 Å². The second-order valence-electron chi connectivity index (χ2n) is 3.13. The SMILES string of the molecule is N=C(N)c1ccc(COCC(F)F)c(Cl)c1. The van der Waals surface area contributed by atoms with E-state index < -0.39 is 13.0 Å². The van der Waals surface area contributed by atoms with Crippen LogP contribution in [0.1, 0.15) is 11.1 Å². The van der Waals surface area contributed by atoms with E-state index in [1.54, 1.807) is 12.1 Å². The monoisotopic (exact) mass is 248 g/mol. The normalized spacial score (nSPS) is 10.8. The molecule has 0 atom stereocenters. The Balaban J connectivity index is 2.64. The van der Waals surface area contributed by atoms with E-state index in [9.17, 15) is 8.78 Å². The van der Waals surface area contributed by atoms with Gasteiger partial charge in [0.25, 0.3) is 6.43 Å². The summed E-state index contributed by atoms with van der Waals surface area (Å²) in [7, 11) is 0. The average Bonchev–Trinajstić information content (AvgIpc) is 2.19. The predicted molar refractivity (Wildman–Crippen MR) is 58.1 cm³/mol. The van der Waals surface area contributed by atoms with E-state index in [0.29, 0.717) is 16.1 Å². The van der Waals surface area contributed by atoms with Crippen LogP contribution in [0.5, 0.6) is 0 Å². The second kappa shape index (κ2) is 5.77. The van der Waals surface area contributed by atoms with E-state index in [1.807, 2.05) is 0 Å². The molecule has 0 saturated carbocycles. The fraction of sp³-hybridized carbons (Fsp3) is 0.300. The molecular weight excluding hydrogens is 238 g/mol. The number of nitrogens with one attached hydrogen (secondary N) is 1. The number of amidine groups is 1. The summed E-state index contributed by atoms with van der Waals surface area (Å²) in [4.78, 5) is 0. The number of alkyl halides is 2. The van der Waals surface area contributed by atoms with Crippen molar-refractivity contribution in [3.63, 3.8) is 0 Å². The Bertz CT molecular complexity index is 385. The summed E-state index contributed by atoms with van der Waals surface area (Å²) in [6.07, 6.45) is -2.49. The predicted octanol–water partition coefficient (Wildman–Crippen LogP) is 2.41. The summed E-state index contributed by atoms with van der Waals surface area (Å²) in [5, 5.41) is 7.53. The summed E-state index contributed by atoms with van der Waals surface area (Å²) in [5.41, 5.74) is 6.35. The highest BCUT2D eigenvalue weighted by Gasteiger charge is 2.06. The van der Waals surface area contributed by atoms with E-state index in [0.717, 1.165) is 0 Å². The molecule has 0 heterocycles. The molecule has 0 radical (unpaired) electrons. The average molecular weight is 249 g/mol. The molecule has 0 fully saturated rings. The molecule has 3 N–H and O–H groups in total. The van der Waals surface area contributed by atoms with Crippen LogP contribution in [0, 0.1) is 5.41 Å². The van der Waals surface area contributed by atoms with Crippen LogP contribution in [-0.4, -0.2) is 18.9 Å². The number of hydrogen-bond donors (Lipinski definition) is 2. The van der Waals surface area contributed by atoms with Gasteiger partial charge in [0.2, 0.25) is 0 Å². The molecule has 0 saturated heterocycles. The number of nitrogen functional groups attached to an aromatic ring is 1. The van der Waals surface area contributed by atoms with Gasteiger partial charge in [0.05, 0.1) is 6.61 Å². The van der Waals surface area contributed by atoms with Crippen molar-refractivity contribution in [1.29, 1.82) is 5.41 Å². The van der Waals surface area contributed by atoms with Crippen molar-refractivity contribution in [2.45, 2.75) is 13.0 Å². The largest absolute Gasteiger partial charge is 0.384 e. The number of hydrogen-bond acceptors (Lipinski definition) is 2. The van der Waals surface area contributed by atoms with Crippen molar-refractivity contribution in [3.05, 3.63) is 34.3 Å². The smallest absolute Gasteiger partial charge is 0.261 e. The molecule has 1 aromatic carbocycles. The van der Waals surface area contributed by atoms with Gasteiger partial charge in [-0.2, -0.15) is 0 Å². The number of ether oxygens (including phenoxy) is 1. The maximum Gasteiger partial charge on any atom is 0.261 e. The highest BCUT2D eigenvalue weighted by molar-refractivity contribution is 6.31. The Morgan fingerprint density at radius 1 is 1.50 bits per heavy atom. The molecule has 1 rings (SSSR count). The van der Waals surface area contributed by atoms with Crippen LogP contribution in [0.4, 0.5) is 8.78 Å². The summed E-state index contributed by atoms with van der Waals surface area (Å²) in [6, 6.07) is 4.70. The Morgan fingerprint density at radius 2 is 2.19 bits per heavy atom. The summed E-state index contributed by atoms with van der Waals surface area (Å²) >= 11 is 5.87. The Kier molecular flexibility index (Phi) is 4.64. The molecular formula is C10H11ClF2N2O. The van der Waals surface area contributed by atoms with Crippen LogP contribution < -0.4 is 5.73 Å². The lowest BCUT2D eigenvalue weighted by Crippen LogP contribution is -2.11. The fourth-order valence-electron chi connectivity index (χ4n) is 1.09. The zero-order valence-electron chi connectivity index (χ0n) is 8.34. The Hall–Kier alpha value is -1.20. The molecule has 0 aliphatic carbocycles. The van der Waals surface area contributed by atoms with Crippen LogP contribution in [0.2, 0.25) is 5.02 Å². The van der Waals surface area contributed by atoms with Crippen molar-refractivity contribution in [2.24, 2.45) is 5.73 Å². The maximum atomic E-state index is 11.8. The van der Waals surface area contributed by atoms with Crippen molar-refractivity contribution >= 4 is 17.4 Å². The highest BCUT2D eigenvalue weighted by atomic mass is 35.5. The molecule has 0 bridgehead atoms. The van der Waals surface area contributed by atoms with Gasteiger partial charge in [-0.05, 0) is 11.6 Å². The third-order valence-electron chi connectivity index (χ3n) is 1.87. The van der Waals surface area contributed by atoms with Crippen LogP contribution in [0.25, 0.3) is 0 Å². The molecule has 3 nitrogen and oxygen atoms in total. The second-order valence-corrected chi connectivity index (χ2v) is 3.53. The van der Waals surface area contributed by atoms with Crippen LogP contribution in [0.3, 0.4) is 0 Å². The Morgan fingerprint density at radius 3 is 2.69 bits per heavy atom. The van der Waals surface area contributed by atoms with Crippen molar-refractivity contribution < 1.29 is 13.5 Å². The molecule has 0 spiro atoms. The van der Waals surface area contributed by atoms with Gasteiger partial charge in [0, 0.05) is 10.6 Å². The van der Waals surface area contributed by atoms with Gasteiger partial charge >= 0.3 is 0 Å². The van der Waals surface area contributed by atoms with Crippen LogP contribution in [-0.2, 0) is 11.3 Å². The molecule has 0 unspecified atom stereocenters. The zero-order chi connectivity index (χ0) is 12.1. The van der Waals surface area contributed by atoms with E-state index >= 15 is 0 Å². The number of halogens is 3. The molecule has 0 aliphatic heterocycles. The first-order chi connectivity index (χ1) is 7.50. The molecule has 1 aromatic rings. The molecule has 16 heavy (non-hydrogen) atoms. The van der Waals surface area contributed by atoms with Gasteiger partial charge in [-0.3, -0.25) is 5.41 Å². The van der Waals surface area contributed by atoms with Gasteiger partial charge in [0.15, 0.2) is 0 Å². The third kappa shape index (κ3) is 3.75. The van der Waals surface area contributed by atoms with E-state index in [1.165, 1.54) is 6.07 Å². The fourth-order valence-corrected chi connectivity index (χ4v) is 1.32. The highest BCUT2D eigenvalue weighted by Crippen LogP contribution is 2.18. The first-order valence-corrected chi connectivity index (χ1v) is 4.87. The van der Waals surface area contributed by atoms with E-state index in [-0.39, 0.29) is 12.4 Å². The first kappa shape index (κ1) is 12.9. The van der Waals surface area contributed by atoms with Gasteiger partial charge < -0.3 is 10.5 Å². The lowest BCUT2D eigenvalue weighted by molar-refractivity contribution is 0.00990. The van der Waals surface area contributed by atoms with Gasteiger partial charge in [-0.15, -0.1) is 0 Å². The van der Waals surface area contributed by atoms with Gasteiger partial charge in [0.1, 0.15) is 12.4 Å². The van der Waals surface area contributed by atoms with Gasteiger partial charge in [-0.25, -0.2) is 8.78 Å². The quantitative estimate of drug-likeness (QED) is 0.621. The number of nitrogens with two attached hydrogens (primary N) is 1. The summed E-state index contributed by atoms with van der Waals surface area (Å²) in [5.74, 6) is -0.0954. The number of rotatable bonds is 5. The molecule has 6 heteroatoms. The first-order valence-electron chi connectivity index (χ1n) is 4.49. The molecule has 0 aliphatic rings. The third-order valence-corrected chi connectivity index (χ3v) is 2.22. The lowest BCUT2D eigenvalue weighted by Gasteiger charge is -2.07. The number of benzene rings is 1. The van der Waals surface area contributed by atoms with E-state index in [2.05, 4.69) is 0 Å². The van der Waals surface area contributed by atoms with Crippen molar-refractivity contribution in [1.82, 2.24) is 0 Å². The maximum absolute atomic E-state index is 11.8. The summed E-state index contributed by atoms with van der Waals surface area (Å²) in [6.45, 7) is -0.605. The van der Waals surface area contributed by atoms with Gasteiger partial charge in [-0.1, -0.05) is 23.7 Å². The van der Waals surface area contributed by atoms with Crippen LogP contribution in [0.15, 0.2) is 18.2 Å².